The molecule has 0 fully saturated rings. The summed E-state index contributed by atoms with van der Waals surface area (Å²) in [6.45, 7) is 3.94. The largest absolute Gasteiger partial charge is 0.491 e. The molecule has 1 amide bonds. The van der Waals surface area contributed by atoms with Crippen molar-refractivity contribution < 1.29 is 13.9 Å². The van der Waals surface area contributed by atoms with Crippen molar-refractivity contribution in [1.82, 2.24) is 4.98 Å². The van der Waals surface area contributed by atoms with Crippen LogP contribution in [0.1, 0.15) is 24.3 Å². The van der Waals surface area contributed by atoms with Crippen LogP contribution in [0.4, 0.5) is 21.5 Å². The molecule has 2 aromatic carbocycles. The lowest BCUT2D eigenvalue weighted by Crippen LogP contribution is -2.14. The number of carbonyl (C=O) groups is 1. The Morgan fingerprint density at radius 1 is 1.04 bits per heavy atom. The van der Waals surface area contributed by atoms with Crippen molar-refractivity contribution in [1.29, 1.82) is 0 Å². The second-order valence-corrected chi connectivity index (χ2v) is 6.18. The van der Waals surface area contributed by atoms with Gasteiger partial charge in [0.2, 0.25) is 0 Å². The van der Waals surface area contributed by atoms with Crippen molar-refractivity contribution in [2.75, 3.05) is 10.6 Å². The van der Waals surface area contributed by atoms with E-state index in [4.69, 9.17) is 4.74 Å². The number of carbonyl (C=O) groups excluding carboxylic acids is 1. The van der Waals surface area contributed by atoms with Crippen molar-refractivity contribution in [3.8, 4) is 5.75 Å². The van der Waals surface area contributed by atoms with Crippen LogP contribution >= 0.6 is 0 Å². The second-order valence-electron chi connectivity index (χ2n) is 6.18. The van der Waals surface area contributed by atoms with Crippen molar-refractivity contribution in [3.05, 3.63) is 78.4 Å². The Bertz CT molecular complexity index is 927. The van der Waals surface area contributed by atoms with Gasteiger partial charge in [-0.25, -0.2) is 4.39 Å². The van der Waals surface area contributed by atoms with Gasteiger partial charge in [-0.3, -0.25) is 9.78 Å². The predicted octanol–water partition coefficient (Wildman–Crippen LogP) is 5.00. The Morgan fingerprint density at radius 3 is 2.48 bits per heavy atom. The number of para-hydroxylation sites is 1. The van der Waals surface area contributed by atoms with Crippen LogP contribution in [-0.4, -0.2) is 17.0 Å². The number of nitrogens with zero attached hydrogens (tertiary/aromatic N) is 1. The van der Waals surface area contributed by atoms with E-state index in [2.05, 4.69) is 15.6 Å². The lowest BCUT2D eigenvalue weighted by molar-refractivity contribution is 0.102. The lowest BCUT2D eigenvalue weighted by atomic mass is 10.2. The van der Waals surface area contributed by atoms with Gasteiger partial charge in [-0.05, 0) is 62.4 Å². The van der Waals surface area contributed by atoms with Crippen molar-refractivity contribution in [2.45, 2.75) is 20.0 Å². The molecule has 0 atom stereocenters. The van der Waals surface area contributed by atoms with E-state index in [0.29, 0.717) is 5.69 Å². The number of anilines is 3. The van der Waals surface area contributed by atoms with Gasteiger partial charge in [0.15, 0.2) is 0 Å². The molecule has 0 aliphatic heterocycles. The maximum atomic E-state index is 13.7. The van der Waals surface area contributed by atoms with Crippen LogP contribution in [-0.2, 0) is 0 Å². The summed E-state index contributed by atoms with van der Waals surface area (Å²) >= 11 is 0. The normalized spacial score (nSPS) is 10.5. The first-order chi connectivity index (χ1) is 13.0. The maximum Gasteiger partial charge on any atom is 0.274 e. The molecule has 6 heteroatoms. The minimum Gasteiger partial charge on any atom is -0.491 e. The van der Waals surface area contributed by atoms with Crippen LogP contribution in [0.25, 0.3) is 0 Å². The summed E-state index contributed by atoms with van der Waals surface area (Å²) in [4.78, 5) is 16.4. The Labute approximate surface area is 157 Å². The van der Waals surface area contributed by atoms with Crippen LogP contribution in [0.3, 0.4) is 0 Å². The molecule has 138 valence electrons. The smallest absolute Gasteiger partial charge is 0.274 e. The molecule has 0 unspecified atom stereocenters. The number of hydrogen-bond acceptors (Lipinski definition) is 4. The third-order valence-corrected chi connectivity index (χ3v) is 3.63. The molecule has 0 spiro atoms. The van der Waals surface area contributed by atoms with Crippen molar-refractivity contribution in [3.63, 3.8) is 0 Å². The van der Waals surface area contributed by atoms with E-state index < -0.39 is 11.7 Å². The van der Waals surface area contributed by atoms with E-state index in [0.717, 1.165) is 11.4 Å². The number of nitrogens with one attached hydrogen (secondary N) is 2. The molecule has 3 rings (SSSR count). The minimum absolute atomic E-state index is 0.111. The topological polar surface area (TPSA) is 63.2 Å². The summed E-state index contributed by atoms with van der Waals surface area (Å²) in [5.41, 5.74) is 1.84. The third kappa shape index (κ3) is 5.04. The van der Waals surface area contributed by atoms with Crippen LogP contribution < -0.4 is 15.4 Å². The van der Waals surface area contributed by atoms with E-state index in [1.807, 2.05) is 38.1 Å². The molecule has 5 nitrogen and oxygen atoms in total. The first kappa shape index (κ1) is 18.4. The number of ether oxygens (including phenoxy) is 1. The second kappa shape index (κ2) is 8.31. The predicted molar refractivity (Wildman–Crippen MR) is 104 cm³/mol. The molecule has 0 aliphatic rings. The van der Waals surface area contributed by atoms with Gasteiger partial charge in [-0.15, -0.1) is 0 Å². The third-order valence-electron chi connectivity index (χ3n) is 3.63. The summed E-state index contributed by atoms with van der Waals surface area (Å²) in [6, 6.07) is 16.9. The fourth-order valence-electron chi connectivity index (χ4n) is 2.44. The monoisotopic (exact) mass is 365 g/mol. The molecule has 1 aromatic heterocycles. The zero-order valence-electron chi connectivity index (χ0n) is 15.1. The molecule has 0 aliphatic carbocycles. The van der Waals surface area contributed by atoms with E-state index in [9.17, 15) is 9.18 Å². The summed E-state index contributed by atoms with van der Waals surface area (Å²) in [5.74, 6) is -0.191. The van der Waals surface area contributed by atoms with Gasteiger partial charge in [-0.1, -0.05) is 12.1 Å². The highest BCUT2D eigenvalue weighted by Gasteiger charge is 2.11. The lowest BCUT2D eigenvalue weighted by Gasteiger charge is -2.11. The van der Waals surface area contributed by atoms with Gasteiger partial charge in [0, 0.05) is 17.6 Å². The van der Waals surface area contributed by atoms with Gasteiger partial charge < -0.3 is 15.4 Å². The molecule has 0 bridgehead atoms. The number of hydrogen-bond donors (Lipinski definition) is 2. The Balaban J connectivity index is 1.70. The Kier molecular flexibility index (Phi) is 5.66. The molecule has 2 N–H and O–H groups in total. The average molecular weight is 365 g/mol. The van der Waals surface area contributed by atoms with Crippen LogP contribution in [0.5, 0.6) is 5.75 Å². The average Bonchev–Trinajstić information content (AvgIpc) is 2.65. The Hall–Kier alpha value is -3.41. The maximum absolute atomic E-state index is 13.7. The number of pyridine rings is 1. The highest BCUT2D eigenvalue weighted by atomic mass is 19.1. The molecular weight excluding hydrogens is 345 g/mol. The SMILES string of the molecule is CC(C)Oc1ccc(Nc2ccnc(C(=O)Nc3ccccc3F)c2)cc1. The summed E-state index contributed by atoms with van der Waals surface area (Å²) in [7, 11) is 0. The van der Waals surface area contributed by atoms with Gasteiger partial charge in [0.05, 0.1) is 11.8 Å². The molecule has 0 radical (unpaired) electrons. The zero-order valence-corrected chi connectivity index (χ0v) is 15.1. The van der Waals surface area contributed by atoms with Crippen LogP contribution in [0, 0.1) is 5.82 Å². The van der Waals surface area contributed by atoms with Crippen molar-refractivity contribution in [2.24, 2.45) is 0 Å². The quantitative estimate of drug-likeness (QED) is 0.645. The summed E-state index contributed by atoms with van der Waals surface area (Å²) < 4.78 is 19.3. The Morgan fingerprint density at radius 2 is 1.78 bits per heavy atom. The van der Waals surface area contributed by atoms with Crippen molar-refractivity contribution >= 4 is 23.0 Å². The summed E-state index contributed by atoms with van der Waals surface area (Å²) in [5, 5.41) is 5.73. The van der Waals surface area contributed by atoms with E-state index >= 15 is 0 Å². The molecule has 27 heavy (non-hydrogen) atoms. The number of aromatic nitrogens is 1. The van der Waals surface area contributed by atoms with Gasteiger partial charge >= 0.3 is 0 Å². The standard InChI is InChI=1S/C21H20FN3O2/c1-14(2)27-17-9-7-15(8-10-17)24-16-11-12-23-20(13-16)21(26)25-19-6-4-3-5-18(19)22/h3-14H,1-2H3,(H,23,24)(H,25,26). The highest BCUT2D eigenvalue weighted by Crippen LogP contribution is 2.21. The number of rotatable bonds is 6. The number of benzene rings is 2. The van der Waals surface area contributed by atoms with E-state index in [1.165, 1.54) is 18.3 Å². The minimum atomic E-state index is -0.496. The van der Waals surface area contributed by atoms with E-state index in [-0.39, 0.29) is 17.5 Å². The van der Waals surface area contributed by atoms with Gasteiger partial charge in [0.1, 0.15) is 17.3 Å². The highest BCUT2D eigenvalue weighted by molar-refractivity contribution is 6.03. The number of halogens is 1. The van der Waals surface area contributed by atoms with Gasteiger partial charge in [0.25, 0.3) is 5.91 Å². The fraction of sp³-hybridized carbons (Fsp3) is 0.143. The molecule has 3 aromatic rings. The number of amides is 1. The van der Waals surface area contributed by atoms with Gasteiger partial charge in [-0.2, -0.15) is 0 Å². The fourth-order valence-corrected chi connectivity index (χ4v) is 2.44. The zero-order chi connectivity index (χ0) is 19.2. The van der Waals surface area contributed by atoms with Crippen LogP contribution in [0.15, 0.2) is 66.9 Å². The molecular formula is C21H20FN3O2. The summed E-state index contributed by atoms with van der Waals surface area (Å²) in [6.07, 6.45) is 1.63. The molecule has 1 heterocycles. The molecule has 0 saturated carbocycles. The van der Waals surface area contributed by atoms with Crippen LogP contribution in [0.2, 0.25) is 0 Å². The first-order valence-electron chi connectivity index (χ1n) is 8.57. The molecule has 0 saturated heterocycles. The van der Waals surface area contributed by atoms with E-state index in [1.54, 1.807) is 24.3 Å². The first-order valence-corrected chi connectivity index (χ1v) is 8.57.